The number of hydrogen-bond acceptors (Lipinski definition) is 5. The maximum absolute atomic E-state index is 7.26. The highest BCUT2D eigenvalue weighted by molar-refractivity contribution is 5.77. The van der Waals surface area contributed by atoms with Gasteiger partial charge in [0.1, 0.15) is 11.4 Å². The molecule has 0 radical (unpaired) electrons. The average Bonchev–Trinajstić information content (AvgIpc) is 3.19. The Balaban J connectivity index is 1.48. The minimum absolute atomic E-state index is 0.0546. The number of hydrogen-bond donors (Lipinski definition) is 1. The molecule has 4 aliphatic rings. The van der Waals surface area contributed by atoms with Crippen molar-refractivity contribution in [1.29, 1.82) is 5.41 Å². The molecule has 23 heavy (non-hydrogen) atoms. The molecule has 4 aliphatic heterocycles. The number of piperidine rings is 3. The zero-order valence-electron chi connectivity index (χ0n) is 12.9. The highest BCUT2D eigenvalue weighted by Crippen LogP contribution is 2.46. The van der Waals surface area contributed by atoms with Crippen molar-refractivity contribution in [3.63, 3.8) is 0 Å². The first-order valence-corrected chi connectivity index (χ1v) is 8.25. The predicted octanol–water partition coefficient (Wildman–Crippen LogP) is 2.74. The second kappa shape index (κ2) is 4.68. The van der Waals surface area contributed by atoms with E-state index >= 15 is 0 Å². The first-order valence-electron chi connectivity index (χ1n) is 8.25. The fraction of sp³-hybridized carbons (Fsp3) is 0.444. The summed E-state index contributed by atoms with van der Waals surface area (Å²) in [7, 11) is 0. The monoisotopic (exact) mass is 309 g/mol. The number of rotatable bonds is 2. The predicted molar refractivity (Wildman–Crippen MR) is 86.1 cm³/mol. The molecule has 0 saturated carbocycles. The van der Waals surface area contributed by atoms with Crippen molar-refractivity contribution in [1.82, 2.24) is 9.88 Å². The van der Waals surface area contributed by atoms with Gasteiger partial charge in [-0.3, -0.25) is 4.90 Å². The number of aromatic nitrogens is 1. The summed E-state index contributed by atoms with van der Waals surface area (Å²) in [6, 6.07) is 4.05. The Morgan fingerprint density at radius 3 is 2.83 bits per heavy atom. The molecule has 5 nitrogen and oxygen atoms in total. The SMILES string of the molecule is N=Cc1cc(-c2cnc3c(c2)C[C@@]2(CN4CCC2CC4)O3)co1. The molecule has 1 spiro atoms. The molecule has 0 unspecified atom stereocenters. The van der Waals surface area contributed by atoms with Crippen molar-refractivity contribution in [3.8, 4) is 17.0 Å². The van der Waals surface area contributed by atoms with Crippen LogP contribution in [0.1, 0.15) is 24.2 Å². The standard InChI is InChI=1S/C18H19N3O2/c19-8-16-6-14(10-22-16)13-5-12-7-18(23-17(12)20-9-13)11-21-3-1-15(18)2-4-21/h5-6,8-10,15,19H,1-4,7,11H2/t18-/m0/s1. The molecule has 118 valence electrons. The van der Waals surface area contributed by atoms with E-state index in [0.29, 0.717) is 11.7 Å². The topological polar surface area (TPSA) is 62.4 Å². The Morgan fingerprint density at radius 1 is 1.26 bits per heavy atom. The summed E-state index contributed by atoms with van der Waals surface area (Å²) in [5, 5.41) is 7.26. The molecule has 6 rings (SSSR count). The first-order chi connectivity index (χ1) is 11.3. The van der Waals surface area contributed by atoms with Crippen LogP contribution in [0.3, 0.4) is 0 Å². The number of pyridine rings is 1. The number of furan rings is 1. The van der Waals surface area contributed by atoms with Crippen LogP contribution in [-0.2, 0) is 6.42 Å². The van der Waals surface area contributed by atoms with E-state index in [-0.39, 0.29) is 5.60 Å². The lowest BCUT2D eigenvalue weighted by atomic mass is 9.73. The van der Waals surface area contributed by atoms with Crippen LogP contribution in [0.25, 0.3) is 11.1 Å². The van der Waals surface area contributed by atoms with Gasteiger partial charge in [-0.05, 0) is 38.1 Å². The second-order valence-corrected chi connectivity index (χ2v) is 6.96. The molecule has 2 aromatic rings. The van der Waals surface area contributed by atoms with Gasteiger partial charge < -0.3 is 14.6 Å². The van der Waals surface area contributed by atoms with Crippen LogP contribution in [-0.4, -0.2) is 41.3 Å². The Kier molecular flexibility index (Phi) is 2.71. The number of ether oxygens (including phenoxy) is 1. The number of nitrogens with one attached hydrogen (secondary N) is 1. The fourth-order valence-corrected chi connectivity index (χ4v) is 4.45. The van der Waals surface area contributed by atoms with Crippen molar-refractivity contribution >= 4 is 6.21 Å². The lowest BCUT2D eigenvalue weighted by Crippen LogP contribution is -2.61. The van der Waals surface area contributed by atoms with E-state index in [1.54, 1.807) is 6.26 Å². The molecule has 2 bridgehead atoms. The van der Waals surface area contributed by atoms with Crippen molar-refractivity contribution in [2.45, 2.75) is 24.9 Å². The Bertz CT molecular complexity index is 776. The largest absolute Gasteiger partial charge is 0.469 e. The Labute approximate surface area is 134 Å². The van der Waals surface area contributed by atoms with Gasteiger partial charge in [0.25, 0.3) is 0 Å². The van der Waals surface area contributed by atoms with E-state index < -0.39 is 0 Å². The minimum Gasteiger partial charge on any atom is -0.469 e. The molecule has 1 N–H and O–H groups in total. The van der Waals surface area contributed by atoms with Gasteiger partial charge in [0.2, 0.25) is 5.88 Å². The zero-order valence-corrected chi connectivity index (χ0v) is 12.9. The molecule has 0 aliphatic carbocycles. The van der Waals surface area contributed by atoms with Crippen LogP contribution in [0.5, 0.6) is 5.88 Å². The summed E-state index contributed by atoms with van der Waals surface area (Å²) < 4.78 is 11.7. The van der Waals surface area contributed by atoms with Crippen LogP contribution >= 0.6 is 0 Å². The Morgan fingerprint density at radius 2 is 2.13 bits per heavy atom. The van der Waals surface area contributed by atoms with E-state index in [1.165, 1.54) is 37.7 Å². The zero-order chi connectivity index (χ0) is 15.4. The molecular weight excluding hydrogens is 290 g/mol. The minimum atomic E-state index is -0.0546. The van der Waals surface area contributed by atoms with Crippen LogP contribution in [0.15, 0.2) is 29.0 Å². The van der Waals surface area contributed by atoms with Gasteiger partial charge in [-0.2, -0.15) is 0 Å². The molecule has 6 heterocycles. The van der Waals surface area contributed by atoms with E-state index in [1.807, 2.05) is 12.3 Å². The third-order valence-corrected chi connectivity index (χ3v) is 5.63. The van der Waals surface area contributed by atoms with Crippen molar-refractivity contribution in [2.75, 3.05) is 19.6 Å². The summed E-state index contributed by atoms with van der Waals surface area (Å²) in [5.41, 5.74) is 3.14. The van der Waals surface area contributed by atoms with Crippen molar-refractivity contribution in [3.05, 3.63) is 35.9 Å². The first kappa shape index (κ1) is 13.3. The van der Waals surface area contributed by atoms with Crippen molar-refractivity contribution in [2.24, 2.45) is 5.92 Å². The van der Waals surface area contributed by atoms with Gasteiger partial charge in [-0.25, -0.2) is 4.98 Å². The summed E-state index contributed by atoms with van der Waals surface area (Å²) in [4.78, 5) is 7.09. The highest BCUT2D eigenvalue weighted by Gasteiger charge is 2.52. The van der Waals surface area contributed by atoms with Gasteiger partial charge in [0.15, 0.2) is 0 Å². The van der Waals surface area contributed by atoms with Crippen LogP contribution in [0.4, 0.5) is 0 Å². The molecular formula is C18H19N3O2. The number of nitrogens with zero attached hydrogens (tertiary/aromatic N) is 2. The van der Waals surface area contributed by atoms with Gasteiger partial charge >= 0.3 is 0 Å². The Hall–Kier alpha value is -2.14. The quantitative estimate of drug-likeness (QED) is 0.867. The molecule has 3 fully saturated rings. The second-order valence-electron chi connectivity index (χ2n) is 6.96. The molecule has 5 heteroatoms. The van der Waals surface area contributed by atoms with Crippen LogP contribution < -0.4 is 4.74 Å². The van der Waals surface area contributed by atoms with Gasteiger partial charge in [0, 0.05) is 41.8 Å². The van der Waals surface area contributed by atoms with E-state index in [9.17, 15) is 0 Å². The third kappa shape index (κ3) is 1.96. The number of fused-ring (bicyclic) bond motifs is 3. The smallest absolute Gasteiger partial charge is 0.217 e. The summed E-state index contributed by atoms with van der Waals surface area (Å²) in [6.45, 7) is 3.46. The van der Waals surface area contributed by atoms with E-state index in [0.717, 1.165) is 30.0 Å². The van der Waals surface area contributed by atoms with E-state index in [4.69, 9.17) is 14.6 Å². The maximum Gasteiger partial charge on any atom is 0.217 e. The molecule has 0 amide bonds. The highest BCUT2D eigenvalue weighted by atomic mass is 16.5. The maximum atomic E-state index is 7.26. The van der Waals surface area contributed by atoms with Crippen LogP contribution in [0.2, 0.25) is 0 Å². The lowest BCUT2D eigenvalue weighted by Gasteiger charge is -2.50. The van der Waals surface area contributed by atoms with Gasteiger partial charge in [-0.15, -0.1) is 0 Å². The van der Waals surface area contributed by atoms with Gasteiger partial charge in [-0.1, -0.05) is 0 Å². The summed E-state index contributed by atoms with van der Waals surface area (Å²) in [6.07, 6.45) is 8.19. The van der Waals surface area contributed by atoms with E-state index in [2.05, 4.69) is 16.0 Å². The average molecular weight is 309 g/mol. The van der Waals surface area contributed by atoms with Crippen molar-refractivity contribution < 1.29 is 9.15 Å². The molecule has 0 aromatic carbocycles. The summed E-state index contributed by atoms with van der Waals surface area (Å²) in [5.74, 6) is 2.02. The third-order valence-electron chi connectivity index (χ3n) is 5.63. The molecule has 2 aromatic heterocycles. The van der Waals surface area contributed by atoms with Gasteiger partial charge in [0.05, 0.1) is 12.5 Å². The van der Waals surface area contributed by atoms with Crippen LogP contribution in [0, 0.1) is 11.3 Å². The molecule has 3 saturated heterocycles. The normalized spacial score (nSPS) is 31.1. The molecule has 1 atom stereocenters. The fourth-order valence-electron chi connectivity index (χ4n) is 4.45. The lowest BCUT2D eigenvalue weighted by molar-refractivity contribution is -0.0814. The summed E-state index contributed by atoms with van der Waals surface area (Å²) >= 11 is 0.